The summed E-state index contributed by atoms with van der Waals surface area (Å²) < 4.78 is 38.5. The summed E-state index contributed by atoms with van der Waals surface area (Å²) in [5, 5.41) is 5.71. The van der Waals surface area contributed by atoms with Crippen molar-refractivity contribution in [2.24, 2.45) is 5.92 Å². The van der Waals surface area contributed by atoms with Gasteiger partial charge in [0.1, 0.15) is 11.6 Å². The van der Waals surface area contributed by atoms with Crippen LogP contribution in [0.15, 0.2) is 12.1 Å². The molecule has 3 nitrogen and oxygen atoms in total. The Morgan fingerprint density at radius 1 is 1.19 bits per heavy atom. The summed E-state index contributed by atoms with van der Waals surface area (Å²) in [6.45, 7) is 4.88. The Hall–Kier alpha value is -1.46. The van der Waals surface area contributed by atoms with Gasteiger partial charge in [-0.25, -0.2) is 4.98 Å². The molecule has 1 aromatic heterocycles. The third-order valence-corrected chi connectivity index (χ3v) is 3.52. The van der Waals surface area contributed by atoms with Crippen molar-refractivity contribution in [2.45, 2.75) is 45.7 Å². The molecule has 1 atom stereocenters. The maximum absolute atomic E-state index is 12.8. The maximum atomic E-state index is 12.8. The van der Waals surface area contributed by atoms with Gasteiger partial charge >= 0.3 is 6.18 Å². The van der Waals surface area contributed by atoms with Gasteiger partial charge in [-0.1, -0.05) is 33.1 Å². The minimum atomic E-state index is -4.36. The molecule has 1 aromatic rings. The molecule has 0 saturated carbocycles. The van der Waals surface area contributed by atoms with Crippen LogP contribution >= 0.6 is 0 Å². The van der Waals surface area contributed by atoms with Crippen LogP contribution in [0.2, 0.25) is 0 Å². The molecule has 0 aliphatic heterocycles. The van der Waals surface area contributed by atoms with Crippen molar-refractivity contribution < 1.29 is 13.2 Å². The number of alkyl halides is 3. The van der Waals surface area contributed by atoms with Crippen molar-refractivity contribution >= 4 is 11.6 Å². The van der Waals surface area contributed by atoms with Crippen LogP contribution in [-0.4, -0.2) is 18.6 Å². The molecule has 0 amide bonds. The highest BCUT2D eigenvalue weighted by atomic mass is 19.4. The van der Waals surface area contributed by atoms with Gasteiger partial charge in [0.2, 0.25) is 0 Å². The van der Waals surface area contributed by atoms with E-state index >= 15 is 0 Å². The number of rotatable bonds is 8. The number of anilines is 2. The molecule has 1 heterocycles. The van der Waals surface area contributed by atoms with E-state index in [2.05, 4.69) is 29.5 Å². The second-order valence-electron chi connectivity index (χ2n) is 5.17. The smallest absolute Gasteiger partial charge is 0.373 e. The maximum Gasteiger partial charge on any atom is 0.416 e. The monoisotopic (exact) mass is 303 g/mol. The topological polar surface area (TPSA) is 37.0 Å². The summed E-state index contributed by atoms with van der Waals surface area (Å²) in [6.07, 6.45) is -0.0137. The average molecular weight is 303 g/mol. The SMILES string of the molecule is CCCCC(CC)CNc1cc(C(F)(F)F)cc(NC)n1. The first-order valence-electron chi connectivity index (χ1n) is 7.41. The number of unbranched alkanes of at least 4 members (excludes halogenated alkanes) is 1. The quantitative estimate of drug-likeness (QED) is 0.726. The van der Waals surface area contributed by atoms with E-state index in [9.17, 15) is 13.2 Å². The number of hydrogen-bond acceptors (Lipinski definition) is 3. The van der Waals surface area contributed by atoms with E-state index in [0.717, 1.165) is 37.8 Å². The summed E-state index contributed by atoms with van der Waals surface area (Å²) in [5.74, 6) is 0.942. The molecule has 0 spiro atoms. The Bertz CT molecular complexity index is 433. The van der Waals surface area contributed by atoms with Gasteiger partial charge < -0.3 is 10.6 Å². The standard InChI is InChI=1S/C15H24F3N3/c1-4-6-7-11(5-2)10-20-14-9-12(15(16,17)18)8-13(19-3)21-14/h8-9,11H,4-7,10H2,1-3H3,(H2,19,20,21). The van der Waals surface area contributed by atoms with E-state index < -0.39 is 11.7 Å². The van der Waals surface area contributed by atoms with Crippen molar-refractivity contribution in [3.8, 4) is 0 Å². The Labute approximate surface area is 124 Å². The zero-order valence-electron chi connectivity index (χ0n) is 12.8. The first-order chi connectivity index (χ1) is 9.90. The van der Waals surface area contributed by atoms with E-state index in [4.69, 9.17) is 0 Å². The molecule has 0 bridgehead atoms. The molecule has 0 aromatic carbocycles. The molecule has 2 N–H and O–H groups in total. The third kappa shape index (κ3) is 5.81. The van der Waals surface area contributed by atoms with Crippen LogP contribution in [0, 0.1) is 5.92 Å². The lowest BCUT2D eigenvalue weighted by atomic mass is 9.99. The summed E-state index contributed by atoms with van der Waals surface area (Å²) in [7, 11) is 1.56. The first kappa shape index (κ1) is 17.6. The third-order valence-electron chi connectivity index (χ3n) is 3.52. The van der Waals surface area contributed by atoms with Crippen LogP contribution in [0.1, 0.15) is 45.1 Å². The van der Waals surface area contributed by atoms with Crippen molar-refractivity contribution in [3.63, 3.8) is 0 Å². The van der Waals surface area contributed by atoms with Crippen LogP contribution in [0.25, 0.3) is 0 Å². The summed E-state index contributed by atoms with van der Waals surface area (Å²) >= 11 is 0. The molecule has 0 radical (unpaired) electrons. The molecule has 0 fully saturated rings. The summed E-state index contributed by atoms with van der Waals surface area (Å²) in [4.78, 5) is 4.13. The molecule has 120 valence electrons. The van der Waals surface area contributed by atoms with Crippen LogP contribution in [0.4, 0.5) is 24.8 Å². The molecule has 1 unspecified atom stereocenters. The highest BCUT2D eigenvalue weighted by Gasteiger charge is 2.31. The minimum Gasteiger partial charge on any atom is -0.373 e. The predicted octanol–water partition coefficient (Wildman–Crippen LogP) is 4.77. The van der Waals surface area contributed by atoms with E-state index in [1.165, 1.54) is 0 Å². The largest absolute Gasteiger partial charge is 0.416 e. The van der Waals surface area contributed by atoms with Gasteiger partial charge in [0.25, 0.3) is 0 Å². The number of nitrogens with one attached hydrogen (secondary N) is 2. The Balaban J connectivity index is 2.78. The fourth-order valence-corrected chi connectivity index (χ4v) is 2.11. The highest BCUT2D eigenvalue weighted by molar-refractivity contribution is 5.49. The molecular formula is C15H24F3N3. The van der Waals surface area contributed by atoms with Crippen molar-refractivity contribution in [1.29, 1.82) is 0 Å². The second-order valence-corrected chi connectivity index (χ2v) is 5.17. The van der Waals surface area contributed by atoms with Crippen molar-refractivity contribution in [3.05, 3.63) is 17.7 Å². The van der Waals surface area contributed by atoms with E-state index in [0.29, 0.717) is 12.5 Å². The second kappa shape index (κ2) is 8.10. The van der Waals surface area contributed by atoms with Crippen LogP contribution in [0.3, 0.4) is 0 Å². The fraction of sp³-hybridized carbons (Fsp3) is 0.667. The Morgan fingerprint density at radius 2 is 1.86 bits per heavy atom. The van der Waals surface area contributed by atoms with E-state index in [1.807, 2.05) is 0 Å². The van der Waals surface area contributed by atoms with Crippen LogP contribution < -0.4 is 10.6 Å². The Morgan fingerprint density at radius 3 is 2.38 bits per heavy atom. The van der Waals surface area contributed by atoms with Crippen molar-refractivity contribution in [1.82, 2.24) is 4.98 Å². The van der Waals surface area contributed by atoms with E-state index in [-0.39, 0.29) is 11.6 Å². The molecule has 21 heavy (non-hydrogen) atoms. The van der Waals surface area contributed by atoms with Crippen molar-refractivity contribution in [2.75, 3.05) is 24.2 Å². The lowest BCUT2D eigenvalue weighted by Gasteiger charge is -2.17. The predicted molar refractivity (Wildman–Crippen MR) is 80.6 cm³/mol. The number of hydrogen-bond donors (Lipinski definition) is 2. The summed E-state index contributed by atoms with van der Waals surface area (Å²) in [6, 6.07) is 2.08. The van der Waals surface area contributed by atoms with Gasteiger partial charge in [-0.3, -0.25) is 0 Å². The minimum absolute atomic E-state index is 0.217. The molecule has 0 aliphatic rings. The number of nitrogens with zero attached hydrogens (tertiary/aromatic N) is 1. The number of halogens is 3. The fourth-order valence-electron chi connectivity index (χ4n) is 2.11. The number of pyridine rings is 1. The van der Waals surface area contributed by atoms with Gasteiger partial charge in [-0.15, -0.1) is 0 Å². The highest BCUT2D eigenvalue weighted by Crippen LogP contribution is 2.32. The summed E-state index contributed by atoms with van der Waals surface area (Å²) in [5.41, 5.74) is -0.689. The van der Waals surface area contributed by atoms with Gasteiger partial charge in [-0.2, -0.15) is 13.2 Å². The average Bonchev–Trinajstić information content (AvgIpc) is 2.46. The molecule has 1 rings (SSSR count). The normalized spacial score (nSPS) is 13.0. The lowest BCUT2D eigenvalue weighted by molar-refractivity contribution is -0.137. The number of aromatic nitrogens is 1. The zero-order valence-corrected chi connectivity index (χ0v) is 12.8. The van der Waals surface area contributed by atoms with Crippen LogP contribution in [0.5, 0.6) is 0 Å². The van der Waals surface area contributed by atoms with Gasteiger partial charge in [0.15, 0.2) is 0 Å². The first-order valence-corrected chi connectivity index (χ1v) is 7.41. The molecular weight excluding hydrogens is 279 g/mol. The molecule has 0 aliphatic carbocycles. The lowest BCUT2D eigenvalue weighted by Crippen LogP contribution is -2.16. The van der Waals surface area contributed by atoms with Crippen LogP contribution in [-0.2, 0) is 6.18 Å². The molecule has 0 saturated heterocycles. The van der Waals surface area contributed by atoms with Gasteiger partial charge in [0.05, 0.1) is 5.56 Å². The molecule has 6 heteroatoms. The van der Waals surface area contributed by atoms with Gasteiger partial charge in [0, 0.05) is 13.6 Å². The Kier molecular flexibility index (Phi) is 6.78. The van der Waals surface area contributed by atoms with Gasteiger partial charge in [-0.05, 0) is 24.5 Å². The zero-order chi connectivity index (χ0) is 15.9. The van der Waals surface area contributed by atoms with E-state index in [1.54, 1.807) is 7.05 Å².